The fourth-order valence-electron chi connectivity index (χ4n) is 2.72. The molecule has 156 valence electrons. The Morgan fingerprint density at radius 1 is 1.10 bits per heavy atom. The summed E-state index contributed by atoms with van der Waals surface area (Å²) in [4.78, 5) is 12.1. The minimum Gasteiger partial charge on any atom is -0.490 e. The first-order valence-corrected chi connectivity index (χ1v) is 9.57. The molecule has 0 atom stereocenters. The smallest absolute Gasteiger partial charge is 0.274 e. The van der Waals surface area contributed by atoms with E-state index in [-0.39, 0.29) is 11.1 Å². The summed E-state index contributed by atoms with van der Waals surface area (Å²) < 4.78 is 25.4. The summed E-state index contributed by atoms with van der Waals surface area (Å²) in [6, 6.07) is 20.5. The number of amides is 1. The monoisotopic (exact) mass is 417 g/mol. The van der Waals surface area contributed by atoms with Crippen molar-refractivity contribution in [3.8, 4) is 17.6 Å². The van der Waals surface area contributed by atoms with Gasteiger partial charge in [-0.05, 0) is 54.4 Å². The van der Waals surface area contributed by atoms with Gasteiger partial charge in [-0.1, -0.05) is 30.3 Å². The number of benzene rings is 3. The van der Waals surface area contributed by atoms with Crippen LogP contribution in [0.15, 0.2) is 71.8 Å². The van der Waals surface area contributed by atoms with E-state index in [1.807, 2.05) is 43.3 Å². The van der Waals surface area contributed by atoms with Crippen molar-refractivity contribution in [3.05, 3.63) is 94.8 Å². The minimum atomic E-state index is -0.787. The second-order valence-electron chi connectivity index (χ2n) is 6.42. The number of carbonyl (C=O) groups excluding carboxylic acids is 1. The van der Waals surface area contributed by atoms with E-state index in [2.05, 4.69) is 10.5 Å². The predicted octanol–water partition coefficient (Wildman–Crippen LogP) is 4.44. The van der Waals surface area contributed by atoms with Crippen molar-refractivity contribution >= 4 is 12.1 Å². The highest BCUT2D eigenvalue weighted by atomic mass is 19.1. The molecule has 0 spiro atoms. The lowest BCUT2D eigenvalue weighted by molar-refractivity contribution is 0.0951. The molecular weight excluding hydrogens is 397 g/mol. The maximum Gasteiger partial charge on any atom is 0.274 e. The summed E-state index contributed by atoms with van der Waals surface area (Å²) in [5, 5.41) is 12.6. The molecule has 1 amide bonds. The first-order chi connectivity index (χ1) is 15.1. The van der Waals surface area contributed by atoms with Crippen LogP contribution in [0.1, 0.15) is 34.0 Å². The number of hydrogen-bond acceptors (Lipinski definition) is 5. The van der Waals surface area contributed by atoms with Gasteiger partial charge in [-0.3, -0.25) is 4.79 Å². The van der Waals surface area contributed by atoms with Crippen molar-refractivity contribution in [2.45, 2.75) is 13.5 Å². The summed E-state index contributed by atoms with van der Waals surface area (Å²) in [6.07, 6.45) is 1.42. The molecule has 0 radical (unpaired) electrons. The average molecular weight is 417 g/mol. The SMILES string of the molecule is CCOc1cc(/C=N\NC(=O)c2ccc(C#N)cc2F)ccc1OCc1ccccc1. The minimum absolute atomic E-state index is 0.135. The van der Waals surface area contributed by atoms with Crippen LogP contribution in [-0.4, -0.2) is 18.7 Å². The Balaban J connectivity index is 1.66. The first-order valence-electron chi connectivity index (χ1n) is 9.57. The Kier molecular flexibility index (Phi) is 7.33. The molecule has 1 N–H and O–H groups in total. The molecule has 3 aromatic carbocycles. The van der Waals surface area contributed by atoms with Crippen LogP contribution in [0, 0.1) is 17.1 Å². The molecule has 6 nitrogen and oxygen atoms in total. The number of halogens is 1. The average Bonchev–Trinajstić information content (AvgIpc) is 2.79. The van der Waals surface area contributed by atoms with Crippen LogP contribution >= 0.6 is 0 Å². The zero-order valence-electron chi connectivity index (χ0n) is 16.8. The van der Waals surface area contributed by atoms with Gasteiger partial charge in [0.15, 0.2) is 11.5 Å². The summed E-state index contributed by atoms with van der Waals surface area (Å²) in [7, 11) is 0. The second kappa shape index (κ2) is 10.6. The molecule has 0 aliphatic rings. The Morgan fingerprint density at radius 3 is 2.61 bits per heavy atom. The molecule has 31 heavy (non-hydrogen) atoms. The van der Waals surface area contributed by atoms with Gasteiger partial charge in [0.2, 0.25) is 0 Å². The Hall–Kier alpha value is -4.18. The molecule has 0 saturated heterocycles. The molecular formula is C24H20FN3O3. The third kappa shape index (κ3) is 5.90. The second-order valence-corrected chi connectivity index (χ2v) is 6.42. The Labute approximate surface area is 179 Å². The lowest BCUT2D eigenvalue weighted by Gasteiger charge is -2.12. The molecule has 0 bridgehead atoms. The van der Waals surface area contributed by atoms with Crippen LogP contribution in [0.4, 0.5) is 4.39 Å². The van der Waals surface area contributed by atoms with E-state index in [9.17, 15) is 9.18 Å². The zero-order chi connectivity index (χ0) is 22.1. The quantitative estimate of drug-likeness (QED) is 0.434. The van der Waals surface area contributed by atoms with Crippen LogP contribution in [-0.2, 0) is 6.61 Å². The third-order valence-corrected chi connectivity index (χ3v) is 4.23. The molecule has 3 aromatic rings. The van der Waals surface area contributed by atoms with Crippen LogP contribution < -0.4 is 14.9 Å². The Morgan fingerprint density at radius 2 is 1.90 bits per heavy atom. The van der Waals surface area contributed by atoms with Gasteiger partial charge in [-0.25, -0.2) is 9.82 Å². The first kappa shape index (κ1) is 21.5. The van der Waals surface area contributed by atoms with Crippen LogP contribution in [0.3, 0.4) is 0 Å². The highest BCUT2D eigenvalue weighted by Crippen LogP contribution is 2.28. The maximum atomic E-state index is 13.9. The van der Waals surface area contributed by atoms with Gasteiger partial charge in [-0.2, -0.15) is 10.4 Å². The van der Waals surface area contributed by atoms with Gasteiger partial charge < -0.3 is 9.47 Å². The molecule has 3 rings (SSSR count). The third-order valence-electron chi connectivity index (χ3n) is 4.23. The number of ether oxygens (including phenoxy) is 2. The van der Waals surface area contributed by atoms with Crippen LogP contribution in [0.2, 0.25) is 0 Å². The van der Waals surface area contributed by atoms with E-state index in [4.69, 9.17) is 14.7 Å². The van der Waals surface area contributed by atoms with E-state index in [0.29, 0.717) is 30.3 Å². The molecule has 0 aliphatic heterocycles. The fourth-order valence-corrected chi connectivity index (χ4v) is 2.72. The summed E-state index contributed by atoms with van der Waals surface area (Å²) >= 11 is 0. The number of nitrogens with zero attached hydrogens (tertiary/aromatic N) is 2. The maximum absolute atomic E-state index is 13.9. The van der Waals surface area contributed by atoms with E-state index < -0.39 is 11.7 Å². The largest absolute Gasteiger partial charge is 0.490 e. The molecule has 7 heteroatoms. The van der Waals surface area contributed by atoms with Gasteiger partial charge in [-0.15, -0.1) is 0 Å². The van der Waals surface area contributed by atoms with E-state index in [1.54, 1.807) is 18.2 Å². The van der Waals surface area contributed by atoms with Crippen LogP contribution in [0.25, 0.3) is 0 Å². The van der Waals surface area contributed by atoms with E-state index >= 15 is 0 Å². The van der Waals surface area contributed by atoms with E-state index in [0.717, 1.165) is 11.6 Å². The van der Waals surface area contributed by atoms with Crippen molar-refractivity contribution in [2.24, 2.45) is 5.10 Å². The van der Waals surface area contributed by atoms with E-state index in [1.165, 1.54) is 18.3 Å². The number of hydrogen-bond donors (Lipinski definition) is 1. The van der Waals surface area contributed by atoms with Gasteiger partial charge in [0, 0.05) is 0 Å². The normalized spacial score (nSPS) is 10.5. The number of nitrogens with one attached hydrogen (secondary N) is 1. The van der Waals surface area contributed by atoms with Gasteiger partial charge in [0.05, 0.1) is 30.0 Å². The summed E-state index contributed by atoms with van der Waals surface area (Å²) in [5.41, 5.74) is 3.91. The van der Waals surface area contributed by atoms with Crippen molar-refractivity contribution in [3.63, 3.8) is 0 Å². The van der Waals surface area contributed by atoms with Gasteiger partial charge >= 0.3 is 0 Å². The number of carbonyl (C=O) groups is 1. The highest BCUT2D eigenvalue weighted by molar-refractivity contribution is 5.95. The van der Waals surface area contributed by atoms with Gasteiger partial charge in [0.25, 0.3) is 5.91 Å². The van der Waals surface area contributed by atoms with Crippen molar-refractivity contribution < 1.29 is 18.7 Å². The standard InChI is InChI=1S/C24H20FN3O3/c1-2-30-23-13-19(9-11-22(23)31-16-17-6-4-3-5-7-17)15-27-28-24(29)20-10-8-18(14-26)12-21(20)25/h3-13,15H,2,16H2,1H3,(H,28,29)/b27-15-. The number of nitriles is 1. The van der Waals surface area contributed by atoms with Crippen LogP contribution in [0.5, 0.6) is 11.5 Å². The molecule has 0 unspecified atom stereocenters. The highest BCUT2D eigenvalue weighted by Gasteiger charge is 2.12. The van der Waals surface area contributed by atoms with Crippen molar-refractivity contribution in [1.82, 2.24) is 5.43 Å². The Bertz CT molecular complexity index is 1120. The fraction of sp³-hybridized carbons (Fsp3) is 0.125. The van der Waals surface area contributed by atoms with Gasteiger partial charge in [0.1, 0.15) is 12.4 Å². The van der Waals surface area contributed by atoms with Crippen molar-refractivity contribution in [1.29, 1.82) is 5.26 Å². The molecule has 0 heterocycles. The number of rotatable bonds is 8. The topological polar surface area (TPSA) is 83.7 Å². The summed E-state index contributed by atoms with van der Waals surface area (Å²) in [6.45, 7) is 2.73. The predicted molar refractivity (Wildman–Crippen MR) is 115 cm³/mol. The zero-order valence-corrected chi connectivity index (χ0v) is 16.8. The molecule has 0 aliphatic carbocycles. The lowest BCUT2D eigenvalue weighted by Crippen LogP contribution is -2.19. The lowest BCUT2D eigenvalue weighted by atomic mass is 10.1. The molecule has 0 saturated carbocycles. The molecule has 0 aromatic heterocycles. The number of hydrazone groups is 1. The van der Waals surface area contributed by atoms with Crippen molar-refractivity contribution in [2.75, 3.05) is 6.61 Å². The summed E-state index contributed by atoms with van der Waals surface area (Å²) in [5.74, 6) is -0.366. The molecule has 0 fully saturated rings.